The Morgan fingerprint density at radius 2 is 1.95 bits per heavy atom. The summed E-state index contributed by atoms with van der Waals surface area (Å²) in [5.74, 6) is -0.777. The predicted octanol–water partition coefficient (Wildman–Crippen LogP) is 1.38. The quantitative estimate of drug-likeness (QED) is 0.621. The summed E-state index contributed by atoms with van der Waals surface area (Å²) in [6.07, 6.45) is 3.49. The average Bonchev–Trinajstić information content (AvgIpc) is 2.40. The minimum absolute atomic E-state index is 0.100. The number of amides is 1. The van der Waals surface area contributed by atoms with Gasteiger partial charge in [0.1, 0.15) is 0 Å². The number of aliphatic hydroxyl groups is 1. The number of carbonyl (C=O) groups is 1. The molecule has 19 heavy (non-hydrogen) atoms. The third-order valence-electron chi connectivity index (χ3n) is 3.63. The van der Waals surface area contributed by atoms with Crippen molar-refractivity contribution in [3.8, 4) is 11.5 Å². The van der Waals surface area contributed by atoms with Crippen LogP contribution in [0.5, 0.6) is 11.5 Å². The third kappa shape index (κ3) is 3.38. The van der Waals surface area contributed by atoms with Crippen molar-refractivity contribution < 1.29 is 20.1 Å². The van der Waals surface area contributed by atoms with E-state index in [2.05, 4.69) is 5.32 Å². The van der Waals surface area contributed by atoms with Gasteiger partial charge in [-0.05, 0) is 31.0 Å². The minimum atomic E-state index is -0.345. The zero-order valence-electron chi connectivity index (χ0n) is 10.7. The highest BCUT2D eigenvalue weighted by atomic mass is 16.3. The van der Waals surface area contributed by atoms with Crippen LogP contribution in [-0.2, 0) is 0 Å². The lowest BCUT2D eigenvalue weighted by Gasteiger charge is -2.27. The lowest BCUT2D eigenvalue weighted by Crippen LogP contribution is -2.36. The Hall–Kier alpha value is -1.75. The number of phenols is 2. The summed E-state index contributed by atoms with van der Waals surface area (Å²) < 4.78 is 0. The summed E-state index contributed by atoms with van der Waals surface area (Å²) in [5.41, 5.74) is 0.292. The van der Waals surface area contributed by atoms with Crippen LogP contribution in [-0.4, -0.2) is 33.9 Å². The smallest absolute Gasteiger partial charge is 0.251 e. The molecule has 1 amide bonds. The molecule has 1 aromatic rings. The van der Waals surface area contributed by atoms with Crippen molar-refractivity contribution in [2.24, 2.45) is 5.92 Å². The molecule has 1 aliphatic carbocycles. The second-order valence-electron chi connectivity index (χ2n) is 5.03. The maximum atomic E-state index is 11.9. The Kier molecular flexibility index (Phi) is 4.27. The van der Waals surface area contributed by atoms with Crippen LogP contribution in [0.3, 0.4) is 0 Å². The molecule has 1 fully saturated rings. The molecule has 1 aliphatic rings. The van der Waals surface area contributed by atoms with Gasteiger partial charge in [0.2, 0.25) is 0 Å². The first-order valence-electron chi connectivity index (χ1n) is 6.56. The Morgan fingerprint density at radius 1 is 1.21 bits per heavy atom. The van der Waals surface area contributed by atoms with E-state index in [4.69, 9.17) is 0 Å². The lowest BCUT2D eigenvalue weighted by molar-refractivity contribution is 0.0663. The van der Waals surface area contributed by atoms with Crippen molar-refractivity contribution in [2.45, 2.75) is 31.8 Å². The first-order valence-corrected chi connectivity index (χ1v) is 6.56. The Balaban J connectivity index is 1.91. The van der Waals surface area contributed by atoms with E-state index in [0.717, 1.165) is 25.7 Å². The van der Waals surface area contributed by atoms with Crippen LogP contribution in [0.4, 0.5) is 0 Å². The van der Waals surface area contributed by atoms with Crippen LogP contribution in [0.25, 0.3) is 0 Å². The van der Waals surface area contributed by atoms with Crippen molar-refractivity contribution in [1.82, 2.24) is 5.32 Å². The second-order valence-corrected chi connectivity index (χ2v) is 5.03. The van der Waals surface area contributed by atoms with Crippen LogP contribution in [0.15, 0.2) is 18.2 Å². The Labute approximate surface area is 111 Å². The SMILES string of the molecule is O=C(NCC1CCCCC1O)c1ccc(O)c(O)c1. The molecule has 0 saturated heterocycles. The van der Waals surface area contributed by atoms with Gasteiger partial charge in [-0.25, -0.2) is 0 Å². The molecule has 0 aromatic heterocycles. The fraction of sp³-hybridized carbons (Fsp3) is 0.500. The van der Waals surface area contributed by atoms with E-state index in [1.165, 1.54) is 18.2 Å². The molecular formula is C14H19NO4. The van der Waals surface area contributed by atoms with Gasteiger partial charge in [0.25, 0.3) is 5.91 Å². The van der Waals surface area contributed by atoms with E-state index in [9.17, 15) is 20.1 Å². The highest BCUT2D eigenvalue weighted by Crippen LogP contribution is 2.25. The highest BCUT2D eigenvalue weighted by Gasteiger charge is 2.23. The first kappa shape index (κ1) is 13.7. The van der Waals surface area contributed by atoms with Crippen LogP contribution >= 0.6 is 0 Å². The van der Waals surface area contributed by atoms with Crippen LogP contribution < -0.4 is 5.32 Å². The summed E-state index contributed by atoms with van der Waals surface area (Å²) >= 11 is 0. The summed E-state index contributed by atoms with van der Waals surface area (Å²) in [4.78, 5) is 11.9. The number of nitrogens with one attached hydrogen (secondary N) is 1. The highest BCUT2D eigenvalue weighted by molar-refractivity contribution is 5.94. The topological polar surface area (TPSA) is 89.8 Å². The molecular weight excluding hydrogens is 246 g/mol. The molecule has 5 nitrogen and oxygen atoms in total. The fourth-order valence-electron chi connectivity index (χ4n) is 2.42. The summed E-state index contributed by atoms with van der Waals surface area (Å²) in [6, 6.07) is 3.95. The van der Waals surface area contributed by atoms with Crippen LogP contribution in [0.1, 0.15) is 36.0 Å². The molecule has 5 heteroatoms. The number of hydrogen-bond acceptors (Lipinski definition) is 4. The van der Waals surface area contributed by atoms with Crippen molar-refractivity contribution in [1.29, 1.82) is 0 Å². The maximum absolute atomic E-state index is 11.9. The number of phenolic OH excluding ortho intramolecular Hbond substituents is 2. The number of hydrogen-bond donors (Lipinski definition) is 4. The molecule has 2 unspecified atom stereocenters. The van der Waals surface area contributed by atoms with Gasteiger partial charge in [0, 0.05) is 18.0 Å². The number of carbonyl (C=O) groups excluding carboxylic acids is 1. The van der Waals surface area contributed by atoms with Gasteiger partial charge in [0.05, 0.1) is 6.10 Å². The molecule has 1 aromatic carbocycles. The van der Waals surface area contributed by atoms with E-state index < -0.39 is 0 Å². The molecule has 0 bridgehead atoms. The summed E-state index contributed by atoms with van der Waals surface area (Å²) in [7, 11) is 0. The van der Waals surface area contributed by atoms with Crippen molar-refractivity contribution >= 4 is 5.91 Å². The molecule has 1 saturated carbocycles. The van der Waals surface area contributed by atoms with Crippen molar-refractivity contribution in [3.63, 3.8) is 0 Å². The number of aromatic hydroxyl groups is 2. The summed E-state index contributed by atoms with van der Waals surface area (Å²) in [5, 5.41) is 31.1. The number of benzene rings is 1. The van der Waals surface area contributed by atoms with E-state index in [1.54, 1.807) is 0 Å². The molecule has 0 radical (unpaired) electrons. The molecule has 4 N–H and O–H groups in total. The predicted molar refractivity (Wildman–Crippen MR) is 70.1 cm³/mol. The number of rotatable bonds is 3. The normalized spacial score (nSPS) is 23.0. The zero-order valence-corrected chi connectivity index (χ0v) is 10.7. The number of aliphatic hydroxyl groups excluding tert-OH is 1. The van der Waals surface area contributed by atoms with Gasteiger partial charge in [0.15, 0.2) is 11.5 Å². The van der Waals surface area contributed by atoms with Gasteiger partial charge < -0.3 is 20.6 Å². The van der Waals surface area contributed by atoms with Gasteiger partial charge in [-0.1, -0.05) is 12.8 Å². The van der Waals surface area contributed by atoms with Gasteiger partial charge in [-0.2, -0.15) is 0 Å². The van der Waals surface area contributed by atoms with Gasteiger partial charge in [-0.15, -0.1) is 0 Å². The monoisotopic (exact) mass is 265 g/mol. The molecule has 2 rings (SSSR count). The van der Waals surface area contributed by atoms with Crippen LogP contribution in [0.2, 0.25) is 0 Å². The lowest BCUT2D eigenvalue weighted by atomic mass is 9.86. The van der Waals surface area contributed by atoms with E-state index in [-0.39, 0.29) is 29.4 Å². The molecule has 0 heterocycles. The summed E-state index contributed by atoms with van der Waals surface area (Å²) in [6.45, 7) is 0.432. The molecule has 0 spiro atoms. The maximum Gasteiger partial charge on any atom is 0.251 e. The fourth-order valence-corrected chi connectivity index (χ4v) is 2.42. The Bertz CT molecular complexity index is 461. The second kappa shape index (κ2) is 5.93. The molecule has 2 atom stereocenters. The third-order valence-corrected chi connectivity index (χ3v) is 3.63. The standard InChI is InChI=1S/C14H19NO4/c16-11-4-2-1-3-10(11)8-15-14(19)9-5-6-12(17)13(18)7-9/h5-7,10-11,16-18H,1-4,8H2,(H,15,19). The van der Waals surface area contributed by atoms with Gasteiger partial charge >= 0.3 is 0 Å². The zero-order chi connectivity index (χ0) is 13.8. The Morgan fingerprint density at radius 3 is 2.63 bits per heavy atom. The van der Waals surface area contributed by atoms with Crippen molar-refractivity contribution in [2.75, 3.05) is 6.54 Å². The first-order chi connectivity index (χ1) is 9.08. The minimum Gasteiger partial charge on any atom is -0.504 e. The molecule has 104 valence electrons. The van der Waals surface area contributed by atoms with Gasteiger partial charge in [-0.3, -0.25) is 4.79 Å². The van der Waals surface area contributed by atoms with E-state index >= 15 is 0 Å². The van der Waals surface area contributed by atoms with Crippen molar-refractivity contribution in [3.05, 3.63) is 23.8 Å². The van der Waals surface area contributed by atoms with E-state index in [1.807, 2.05) is 0 Å². The average molecular weight is 265 g/mol. The largest absolute Gasteiger partial charge is 0.504 e. The van der Waals surface area contributed by atoms with Crippen LogP contribution in [0, 0.1) is 5.92 Å². The molecule has 0 aliphatic heterocycles. The van der Waals surface area contributed by atoms with E-state index in [0.29, 0.717) is 12.1 Å².